The predicted octanol–water partition coefficient (Wildman–Crippen LogP) is 1.38. The van der Waals surface area contributed by atoms with Crippen LogP contribution in [0.25, 0.3) is 0 Å². The lowest BCUT2D eigenvalue weighted by Crippen LogP contribution is -2.53. The number of hydrogen-bond donors (Lipinski definition) is 1. The van der Waals surface area contributed by atoms with Crippen LogP contribution in [-0.4, -0.2) is 45.7 Å². The average molecular weight is 411 g/mol. The molecule has 1 unspecified atom stereocenters. The Morgan fingerprint density at radius 1 is 1.33 bits per heavy atom. The molecule has 2 aliphatic rings. The zero-order valence-electron chi connectivity index (χ0n) is 20.5. The summed E-state index contributed by atoms with van der Waals surface area (Å²) in [6, 6.07) is 3.04. The Balaban J connectivity index is 1.69. The van der Waals surface area contributed by atoms with Crippen LogP contribution in [0.3, 0.4) is 0 Å². The summed E-state index contributed by atoms with van der Waals surface area (Å²) >= 11 is 0. The van der Waals surface area contributed by atoms with Gasteiger partial charge in [0.25, 0.3) is 0 Å². The number of carbonyl (C=O) groups is 2. The van der Waals surface area contributed by atoms with Crippen molar-refractivity contribution in [2.45, 2.75) is 44.9 Å². The van der Waals surface area contributed by atoms with Crippen LogP contribution in [0.4, 0.5) is 5.69 Å². The summed E-state index contributed by atoms with van der Waals surface area (Å²) in [5.41, 5.74) is 0.216. The largest absolute Gasteiger partial charge is 0.494 e. The van der Waals surface area contributed by atoms with E-state index in [0.29, 0.717) is 16.6 Å². The van der Waals surface area contributed by atoms with E-state index >= 15 is 0 Å². The number of nitrogens with one attached hydrogen (secondary N) is 1. The summed E-state index contributed by atoms with van der Waals surface area (Å²) < 4.78 is 38.8. The number of ketones is 2. The molecule has 9 heteroatoms. The number of nitrogens with zero attached hydrogens (tertiary/aromatic N) is 3. The zero-order valence-corrected chi connectivity index (χ0v) is 17.5. The van der Waals surface area contributed by atoms with Gasteiger partial charge in [-0.05, 0) is 33.2 Å². The first-order chi connectivity index (χ1) is 15.3. The van der Waals surface area contributed by atoms with Gasteiger partial charge in [-0.15, -0.1) is 0 Å². The fourth-order valence-corrected chi connectivity index (χ4v) is 3.12. The smallest absolute Gasteiger partial charge is 0.399 e. The molecule has 1 saturated heterocycles. The highest BCUT2D eigenvalue weighted by molar-refractivity contribution is 6.62. The van der Waals surface area contributed by atoms with Crippen molar-refractivity contribution >= 4 is 29.8 Å². The fourth-order valence-electron chi connectivity index (χ4n) is 3.12. The second kappa shape index (κ2) is 7.19. The fraction of sp³-hybridized carbons (Fsp3) is 0.381. The molecule has 0 radical (unpaired) electrons. The van der Waals surface area contributed by atoms with E-state index in [2.05, 4.69) is 5.10 Å². The van der Waals surface area contributed by atoms with E-state index in [1.165, 1.54) is 23.0 Å². The summed E-state index contributed by atoms with van der Waals surface area (Å²) in [7, 11) is 0.926. The van der Waals surface area contributed by atoms with E-state index in [1.54, 1.807) is 25.4 Å². The van der Waals surface area contributed by atoms with Crippen LogP contribution in [0.5, 0.6) is 0 Å². The van der Waals surface area contributed by atoms with E-state index in [4.69, 9.17) is 13.5 Å². The molecule has 30 heavy (non-hydrogen) atoms. The van der Waals surface area contributed by atoms with E-state index in [-0.39, 0.29) is 5.56 Å². The number of aromatic nitrogens is 2. The van der Waals surface area contributed by atoms with Gasteiger partial charge in [-0.1, -0.05) is 24.3 Å². The van der Waals surface area contributed by atoms with Gasteiger partial charge in [0.05, 0.1) is 25.8 Å². The highest BCUT2D eigenvalue weighted by atomic mass is 16.7. The quantitative estimate of drug-likeness (QED) is 0.462. The first-order valence-corrected chi connectivity index (χ1v) is 9.58. The molecule has 1 N–H and O–H groups in total. The zero-order chi connectivity index (χ0) is 24.3. The molecular weight excluding hydrogens is 383 g/mol. The molecule has 0 aliphatic carbocycles. The summed E-state index contributed by atoms with van der Waals surface area (Å²) in [4.78, 5) is 26.3. The maximum atomic E-state index is 13.5. The van der Waals surface area contributed by atoms with Crippen molar-refractivity contribution in [3.63, 3.8) is 0 Å². The highest BCUT2D eigenvalue weighted by Gasteiger charge is 2.51. The lowest BCUT2D eigenvalue weighted by Gasteiger charge is -2.32. The van der Waals surface area contributed by atoms with Crippen LogP contribution < -0.4 is 15.9 Å². The minimum Gasteiger partial charge on any atom is -0.399 e. The van der Waals surface area contributed by atoms with E-state index in [9.17, 15) is 9.59 Å². The Bertz CT molecular complexity index is 1150. The number of rotatable bonds is 4. The molecule has 2 aromatic rings. The second-order valence-corrected chi connectivity index (χ2v) is 8.31. The van der Waals surface area contributed by atoms with Crippen molar-refractivity contribution in [1.82, 2.24) is 15.2 Å². The van der Waals surface area contributed by atoms with Gasteiger partial charge in [0.15, 0.2) is 17.6 Å². The molecule has 1 aromatic carbocycles. The van der Waals surface area contributed by atoms with Gasteiger partial charge in [0, 0.05) is 31.1 Å². The summed E-state index contributed by atoms with van der Waals surface area (Å²) in [5, 5.41) is 5.10. The number of aryl methyl sites for hydroxylation is 1. The first-order valence-electron chi connectivity index (χ1n) is 11.0. The predicted molar refractivity (Wildman–Crippen MR) is 113 cm³/mol. The first kappa shape index (κ1) is 17.0. The molecule has 0 amide bonds. The van der Waals surface area contributed by atoms with Gasteiger partial charge in [0.1, 0.15) is 1.41 Å². The normalized spacial score (nSPS) is 27.4. The van der Waals surface area contributed by atoms with Crippen molar-refractivity contribution in [2.24, 2.45) is 7.05 Å². The standard InChI is InChI=1S/C21H25BN4O4/c1-20(2)21(3,4)30-22(29-20)15-8-6-7-14(11-15)19(28)18-17(27)9-10-26(24-18)16-12-23-25(5)13-16/h6-13,18,24H,1-5H3/i9D,18D/hD. The van der Waals surface area contributed by atoms with Gasteiger partial charge in [-0.25, -0.2) is 5.42 Å². The van der Waals surface area contributed by atoms with Gasteiger partial charge < -0.3 is 9.31 Å². The number of carbonyl (C=O) groups excluding carboxylic acids is 2. The molecule has 8 nitrogen and oxygen atoms in total. The van der Waals surface area contributed by atoms with Crippen LogP contribution >= 0.6 is 0 Å². The third-order valence-electron chi connectivity index (χ3n) is 5.59. The summed E-state index contributed by atoms with van der Waals surface area (Å²) in [6.45, 7) is 7.65. The van der Waals surface area contributed by atoms with Gasteiger partial charge in [0.2, 0.25) is 0 Å². The topological polar surface area (TPSA) is 85.7 Å². The molecule has 0 spiro atoms. The third kappa shape index (κ3) is 3.60. The molecular formula is C21H25BN4O4. The number of anilines is 1. The summed E-state index contributed by atoms with van der Waals surface area (Å²) in [6.07, 6.45) is 4.04. The van der Waals surface area contributed by atoms with Crippen molar-refractivity contribution in [2.75, 3.05) is 5.01 Å². The number of Topliss-reactive ketones (excluding diaryl/α,β-unsaturated/α-hetero) is 1. The number of hydrazine groups is 1. The van der Waals surface area contributed by atoms with Crippen molar-refractivity contribution < 1.29 is 23.1 Å². The van der Waals surface area contributed by atoms with Crippen LogP contribution in [0, 0.1) is 0 Å². The maximum Gasteiger partial charge on any atom is 0.494 e. The molecule has 0 bridgehead atoms. The highest BCUT2D eigenvalue weighted by Crippen LogP contribution is 2.36. The molecule has 1 aromatic heterocycles. The minimum atomic E-state index is -2.70. The van der Waals surface area contributed by atoms with Gasteiger partial charge in [-0.3, -0.25) is 19.3 Å². The Labute approximate surface area is 180 Å². The SMILES string of the molecule is [2H]C1=CN(c2cnn(C)c2)N([2H])C([2H])(C(=O)c2cccc(B3OC(C)(C)C(C)(C)O3)c2)C1=O. The average Bonchev–Trinajstić information content (AvgIpc) is 3.28. The van der Waals surface area contributed by atoms with Crippen LogP contribution in [0.1, 0.15) is 40.8 Å². The van der Waals surface area contributed by atoms with Crippen LogP contribution in [0.2, 0.25) is 1.41 Å². The lowest BCUT2D eigenvalue weighted by molar-refractivity contribution is -0.115. The molecule has 1 fully saturated rings. The van der Waals surface area contributed by atoms with Crippen molar-refractivity contribution in [3.8, 4) is 0 Å². The molecule has 2 aliphatic heterocycles. The monoisotopic (exact) mass is 411 g/mol. The number of hydrogen-bond acceptors (Lipinski definition) is 7. The Kier molecular flexibility index (Phi) is 4.07. The Morgan fingerprint density at radius 2 is 2.03 bits per heavy atom. The third-order valence-corrected chi connectivity index (χ3v) is 5.59. The maximum absolute atomic E-state index is 13.5. The van der Waals surface area contributed by atoms with Crippen LogP contribution in [0.15, 0.2) is 48.9 Å². The van der Waals surface area contributed by atoms with E-state index in [1.807, 2.05) is 27.7 Å². The molecule has 1 atom stereocenters. The Hall–Kier alpha value is -2.75. The van der Waals surface area contributed by atoms with Gasteiger partial charge >= 0.3 is 7.12 Å². The van der Waals surface area contributed by atoms with E-state index in [0.717, 1.165) is 11.2 Å². The van der Waals surface area contributed by atoms with Gasteiger partial charge in [-0.2, -0.15) is 5.10 Å². The summed E-state index contributed by atoms with van der Waals surface area (Å²) in [5.74, 6) is -2.03. The lowest BCUT2D eigenvalue weighted by atomic mass is 9.78. The second-order valence-electron chi connectivity index (χ2n) is 8.31. The molecule has 156 valence electrons. The molecule has 3 heterocycles. The van der Waals surface area contributed by atoms with E-state index < -0.39 is 42.0 Å². The number of benzene rings is 1. The van der Waals surface area contributed by atoms with Crippen molar-refractivity contribution in [3.05, 3.63) is 54.5 Å². The van der Waals surface area contributed by atoms with Crippen LogP contribution in [-0.2, 0) is 21.2 Å². The molecule has 4 rings (SSSR count). The van der Waals surface area contributed by atoms with Crippen molar-refractivity contribution in [1.29, 1.82) is 0 Å². The Morgan fingerprint density at radius 3 is 2.67 bits per heavy atom. The molecule has 0 saturated carbocycles. The minimum absolute atomic E-state index is 0.0312.